The average molecular weight is 463 g/mol. The standard InChI is InChI=1S/C31H30N2O2/c1-24-19-21-28(22-20-24)32-31(34)33(23-11-17-25-12-9-10-18-29(25)35-2)30(26-13-5-3-6-14-26)27-15-7-4-8-16-27/h3-22,30H,23H2,1-2H3,(H,32,34)/b17-11+. The van der Waals surface area contributed by atoms with Gasteiger partial charge in [0.2, 0.25) is 0 Å². The molecule has 0 atom stereocenters. The number of hydrogen-bond donors (Lipinski definition) is 1. The molecule has 2 amide bonds. The lowest BCUT2D eigenvalue weighted by Crippen LogP contribution is -2.39. The Hall–Kier alpha value is -4.31. The second-order valence-corrected chi connectivity index (χ2v) is 8.32. The van der Waals surface area contributed by atoms with Crippen LogP contribution in [-0.2, 0) is 0 Å². The first-order valence-electron chi connectivity index (χ1n) is 11.7. The number of urea groups is 1. The summed E-state index contributed by atoms with van der Waals surface area (Å²) in [6.45, 7) is 2.44. The number of hydrogen-bond acceptors (Lipinski definition) is 2. The number of para-hydroxylation sites is 1. The van der Waals surface area contributed by atoms with Gasteiger partial charge in [-0.2, -0.15) is 0 Å². The Morgan fingerprint density at radius 2 is 1.40 bits per heavy atom. The molecule has 0 spiro atoms. The van der Waals surface area contributed by atoms with Gasteiger partial charge < -0.3 is 15.0 Å². The first kappa shape index (κ1) is 23.8. The zero-order valence-electron chi connectivity index (χ0n) is 20.1. The molecule has 4 nitrogen and oxygen atoms in total. The summed E-state index contributed by atoms with van der Waals surface area (Å²) in [5.41, 5.74) is 4.96. The van der Waals surface area contributed by atoms with E-state index in [1.807, 2.05) is 109 Å². The summed E-state index contributed by atoms with van der Waals surface area (Å²) in [5.74, 6) is 0.794. The predicted molar refractivity (Wildman–Crippen MR) is 144 cm³/mol. The minimum absolute atomic E-state index is 0.170. The Balaban J connectivity index is 1.70. The Morgan fingerprint density at radius 3 is 2.00 bits per heavy atom. The van der Waals surface area contributed by atoms with Gasteiger partial charge in [-0.1, -0.05) is 109 Å². The van der Waals surface area contributed by atoms with Crippen molar-refractivity contribution in [2.75, 3.05) is 19.0 Å². The molecule has 0 bridgehead atoms. The summed E-state index contributed by atoms with van der Waals surface area (Å²) < 4.78 is 5.48. The highest BCUT2D eigenvalue weighted by Gasteiger charge is 2.26. The zero-order valence-corrected chi connectivity index (χ0v) is 20.1. The van der Waals surface area contributed by atoms with Crippen LogP contribution >= 0.6 is 0 Å². The number of methoxy groups -OCH3 is 1. The molecule has 0 saturated carbocycles. The van der Waals surface area contributed by atoms with E-state index in [2.05, 4.69) is 29.6 Å². The van der Waals surface area contributed by atoms with E-state index < -0.39 is 0 Å². The molecule has 176 valence electrons. The maximum atomic E-state index is 13.7. The van der Waals surface area contributed by atoms with Crippen LogP contribution in [0.25, 0.3) is 6.08 Å². The average Bonchev–Trinajstić information content (AvgIpc) is 2.91. The van der Waals surface area contributed by atoms with Crippen LogP contribution in [0.1, 0.15) is 28.3 Å². The van der Waals surface area contributed by atoms with Gasteiger partial charge in [0.25, 0.3) is 0 Å². The molecular weight excluding hydrogens is 432 g/mol. The highest BCUT2D eigenvalue weighted by molar-refractivity contribution is 5.90. The van der Waals surface area contributed by atoms with Crippen molar-refractivity contribution in [3.63, 3.8) is 0 Å². The lowest BCUT2D eigenvalue weighted by Gasteiger charge is -2.32. The second-order valence-electron chi connectivity index (χ2n) is 8.32. The van der Waals surface area contributed by atoms with Gasteiger partial charge in [0.05, 0.1) is 13.2 Å². The van der Waals surface area contributed by atoms with Crippen LogP contribution in [0.2, 0.25) is 0 Å². The van der Waals surface area contributed by atoms with Crippen LogP contribution < -0.4 is 10.1 Å². The van der Waals surface area contributed by atoms with Crippen LogP contribution in [0, 0.1) is 6.92 Å². The van der Waals surface area contributed by atoms with Crippen LogP contribution in [0.15, 0.2) is 115 Å². The number of amides is 2. The molecule has 4 aromatic rings. The third-order valence-corrected chi connectivity index (χ3v) is 5.84. The molecule has 35 heavy (non-hydrogen) atoms. The molecule has 1 N–H and O–H groups in total. The van der Waals surface area contributed by atoms with E-state index in [1.165, 1.54) is 0 Å². The van der Waals surface area contributed by atoms with Crippen LogP contribution in [0.4, 0.5) is 10.5 Å². The van der Waals surface area contributed by atoms with Crippen LogP contribution in [-0.4, -0.2) is 24.6 Å². The van der Waals surface area contributed by atoms with Crippen molar-refractivity contribution in [2.45, 2.75) is 13.0 Å². The number of carbonyl (C=O) groups excluding carboxylic acids is 1. The molecule has 0 aliphatic carbocycles. The summed E-state index contributed by atoms with van der Waals surface area (Å²) in [5, 5.41) is 3.09. The number of aryl methyl sites for hydroxylation is 1. The van der Waals surface area contributed by atoms with E-state index >= 15 is 0 Å². The summed E-state index contributed by atoms with van der Waals surface area (Å²) in [7, 11) is 1.66. The van der Waals surface area contributed by atoms with E-state index in [4.69, 9.17) is 4.74 Å². The van der Waals surface area contributed by atoms with Gasteiger partial charge in [-0.05, 0) is 36.2 Å². The highest BCUT2D eigenvalue weighted by Crippen LogP contribution is 2.30. The summed E-state index contributed by atoms with van der Waals surface area (Å²) >= 11 is 0. The van der Waals surface area contributed by atoms with E-state index in [9.17, 15) is 4.79 Å². The SMILES string of the molecule is COc1ccccc1/C=C/CN(C(=O)Nc1ccc(C)cc1)C(c1ccccc1)c1ccccc1. The highest BCUT2D eigenvalue weighted by atomic mass is 16.5. The zero-order chi connectivity index (χ0) is 24.5. The molecular formula is C31H30N2O2. The molecule has 4 aromatic carbocycles. The van der Waals surface area contributed by atoms with E-state index in [0.29, 0.717) is 6.54 Å². The molecule has 0 aliphatic rings. The van der Waals surface area contributed by atoms with Gasteiger partial charge in [0.1, 0.15) is 5.75 Å². The van der Waals surface area contributed by atoms with E-state index in [0.717, 1.165) is 33.7 Å². The maximum absolute atomic E-state index is 13.7. The minimum atomic E-state index is -0.259. The van der Waals surface area contributed by atoms with E-state index in [-0.39, 0.29) is 12.1 Å². The van der Waals surface area contributed by atoms with E-state index in [1.54, 1.807) is 7.11 Å². The van der Waals surface area contributed by atoms with Gasteiger partial charge in [-0.15, -0.1) is 0 Å². The lowest BCUT2D eigenvalue weighted by molar-refractivity contribution is 0.205. The summed E-state index contributed by atoms with van der Waals surface area (Å²) in [4.78, 5) is 15.6. The predicted octanol–water partition coefficient (Wildman–Crippen LogP) is 7.34. The number of benzene rings is 4. The van der Waals surface area contributed by atoms with Gasteiger partial charge in [-0.25, -0.2) is 4.79 Å². The molecule has 0 aliphatic heterocycles. The van der Waals surface area contributed by atoms with Gasteiger partial charge in [0.15, 0.2) is 0 Å². The Bertz CT molecular complexity index is 1210. The third kappa shape index (κ3) is 6.18. The topological polar surface area (TPSA) is 41.6 Å². The summed E-state index contributed by atoms with van der Waals surface area (Å²) in [6.07, 6.45) is 4.00. The van der Waals surface area contributed by atoms with Gasteiger partial charge in [0, 0.05) is 17.8 Å². The molecule has 4 rings (SSSR count). The monoisotopic (exact) mass is 462 g/mol. The normalized spacial score (nSPS) is 10.9. The first-order chi connectivity index (χ1) is 17.2. The number of nitrogens with zero attached hydrogens (tertiary/aromatic N) is 1. The molecule has 0 heterocycles. The fraction of sp³-hybridized carbons (Fsp3) is 0.129. The van der Waals surface area contributed by atoms with Crippen molar-refractivity contribution in [1.82, 2.24) is 4.90 Å². The smallest absolute Gasteiger partial charge is 0.322 e. The molecule has 0 fully saturated rings. The van der Waals surface area contributed by atoms with Crippen molar-refractivity contribution >= 4 is 17.8 Å². The Kier molecular flexibility index (Phi) is 7.97. The molecule has 0 aromatic heterocycles. The Morgan fingerprint density at radius 1 is 0.829 bits per heavy atom. The summed E-state index contributed by atoms with van der Waals surface area (Å²) in [6, 6.07) is 35.5. The lowest BCUT2D eigenvalue weighted by atomic mass is 9.97. The second kappa shape index (κ2) is 11.7. The quantitative estimate of drug-likeness (QED) is 0.298. The number of carbonyl (C=O) groups is 1. The molecule has 0 unspecified atom stereocenters. The Labute approximate surface area is 207 Å². The fourth-order valence-corrected chi connectivity index (χ4v) is 4.06. The number of rotatable bonds is 8. The van der Waals surface area contributed by atoms with Crippen molar-refractivity contribution in [1.29, 1.82) is 0 Å². The first-order valence-corrected chi connectivity index (χ1v) is 11.7. The van der Waals surface area contributed by atoms with Crippen LogP contribution in [0.5, 0.6) is 5.75 Å². The van der Waals surface area contributed by atoms with Crippen molar-refractivity contribution in [3.8, 4) is 5.75 Å². The molecule has 4 heteroatoms. The van der Waals surface area contributed by atoms with Crippen molar-refractivity contribution < 1.29 is 9.53 Å². The molecule has 0 saturated heterocycles. The van der Waals surface area contributed by atoms with Crippen molar-refractivity contribution in [2.24, 2.45) is 0 Å². The third-order valence-electron chi connectivity index (χ3n) is 5.84. The molecule has 0 radical (unpaired) electrons. The number of ether oxygens (including phenoxy) is 1. The van der Waals surface area contributed by atoms with Gasteiger partial charge >= 0.3 is 6.03 Å². The largest absolute Gasteiger partial charge is 0.496 e. The number of anilines is 1. The fourth-order valence-electron chi connectivity index (χ4n) is 4.06. The minimum Gasteiger partial charge on any atom is -0.496 e. The van der Waals surface area contributed by atoms with Crippen molar-refractivity contribution in [3.05, 3.63) is 138 Å². The van der Waals surface area contributed by atoms with Crippen LogP contribution in [0.3, 0.4) is 0 Å². The van der Waals surface area contributed by atoms with Gasteiger partial charge in [-0.3, -0.25) is 0 Å². The number of nitrogens with one attached hydrogen (secondary N) is 1. The maximum Gasteiger partial charge on any atom is 0.322 e.